The first-order valence-electron chi connectivity index (χ1n) is 5.83. The second-order valence-electron chi connectivity index (χ2n) is 4.13. The summed E-state index contributed by atoms with van der Waals surface area (Å²) in [5, 5.41) is 6.58. The van der Waals surface area contributed by atoms with Gasteiger partial charge in [-0.3, -0.25) is 9.48 Å². The molecule has 1 N–H and O–H groups in total. The van der Waals surface area contributed by atoms with Crippen LogP contribution in [0.4, 0.5) is 14.5 Å². The lowest BCUT2D eigenvalue weighted by Crippen LogP contribution is -2.14. The zero-order valence-corrected chi connectivity index (χ0v) is 10.9. The number of hydrogen-bond acceptors (Lipinski definition) is 3. The number of aromatic nitrogens is 2. The Morgan fingerprint density at radius 2 is 2.10 bits per heavy atom. The van der Waals surface area contributed by atoms with Crippen LogP contribution in [-0.4, -0.2) is 22.3 Å². The summed E-state index contributed by atoms with van der Waals surface area (Å²) in [4.78, 5) is 12.1. The van der Waals surface area contributed by atoms with Crippen LogP contribution in [0.2, 0.25) is 0 Å². The smallest absolute Gasteiger partial charge is 0.387 e. The minimum absolute atomic E-state index is 0.0857. The first-order valence-corrected chi connectivity index (χ1v) is 5.83. The Kier molecular flexibility index (Phi) is 3.97. The molecule has 106 valence electrons. The Hall–Kier alpha value is -2.44. The highest BCUT2D eigenvalue weighted by Crippen LogP contribution is 2.26. The van der Waals surface area contributed by atoms with E-state index in [1.54, 1.807) is 32.3 Å². The molecule has 0 bridgehead atoms. The average molecular weight is 281 g/mol. The SMILES string of the molecule is Cc1nn(C)cc1C(=O)Nc1ccccc1OC(F)F. The van der Waals surface area contributed by atoms with Gasteiger partial charge in [0.2, 0.25) is 0 Å². The minimum Gasteiger partial charge on any atom is -0.433 e. The molecule has 0 spiro atoms. The van der Waals surface area contributed by atoms with Gasteiger partial charge in [-0.2, -0.15) is 13.9 Å². The molecule has 1 amide bonds. The van der Waals surface area contributed by atoms with Crippen molar-refractivity contribution < 1.29 is 18.3 Å². The average Bonchev–Trinajstić information content (AvgIpc) is 2.70. The number of alkyl halides is 2. The van der Waals surface area contributed by atoms with Crippen molar-refractivity contribution >= 4 is 11.6 Å². The van der Waals surface area contributed by atoms with Crippen LogP contribution in [0.25, 0.3) is 0 Å². The lowest BCUT2D eigenvalue weighted by molar-refractivity contribution is -0.0493. The Balaban J connectivity index is 2.22. The van der Waals surface area contributed by atoms with E-state index in [0.29, 0.717) is 11.3 Å². The molecule has 0 aliphatic carbocycles. The quantitative estimate of drug-likeness (QED) is 0.937. The van der Waals surface area contributed by atoms with Gasteiger partial charge in [-0.05, 0) is 19.1 Å². The monoisotopic (exact) mass is 281 g/mol. The van der Waals surface area contributed by atoms with Crippen molar-refractivity contribution in [1.82, 2.24) is 9.78 Å². The van der Waals surface area contributed by atoms with Gasteiger partial charge < -0.3 is 10.1 Å². The minimum atomic E-state index is -2.95. The van der Waals surface area contributed by atoms with Crippen molar-refractivity contribution in [2.45, 2.75) is 13.5 Å². The number of amides is 1. The molecule has 1 aromatic carbocycles. The van der Waals surface area contributed by atoms with Crippen molar-refractivity contribution in [2.75, 3.05) is 5.32 Å². The van der Waals surface area contributed by atoms with Crippen molar-refractivity contribution in [1.29, 1.82) is 0 Å². The highest BCUT2D eigenvalue weighted by molar-refractivity contribution is 6.05. The number of ether oxygens (including phenoxy) is 1. The molecule has 0 fully saturated rings. The number of hydrogen-bond donors (Lipinski definition) is 1. The molecule has 2 rings (SSSR count). The fourth-order valence-electron chi connectivity index (χ4n) is 1.78. The number of anilines is 1. The molecule has 0 atom stereocenters. The number of benzene rings is 1. The van der Waals surface area contributed by atoms with Crippen LogP contribution >= 0.6 is 0 Å². The molecule has 7 heteroatoms. The maximum Gasteiger partial charge on any atom is 0.387 e. The van der Waals surface area contributed by atoms with Gasteiger partial charge in [0.1, 0.15) is 5.75 Å². The second-order valence-corrected chi connectivity index (χ2v) is 4.13. The van der Waals surface area contributed by atoms with Gasteiger partial charge in [0.15, 0.2) is 0 Å². The zero-order chi connectivity index (χ0) is 14.7. The summed E-state index contributed by atoms with van der Waals surface area (Å²) in [6, 6.07) is 6.01. The van der Waals surface area contributed by atoms with Crippen LogP contribution in [0.5, 0.6) is 5.75 Å². The summed E-state index contributed by atoms with van der Waals surface area (Å²) in [5.74, 6) is -0.515. The molecule has 2 aromatic rings. The molecule has 1 aromatic heterocycles. The number of carbonyl (C=O) groups excluding carboxylic acids is 1. The zero-order valence-electron chi connectivity index (χ0n) is 10.9. The van der Waals surface area contributed by atoms with Gasteiger partial charge in [0.25, 0.3) is 5.91 Å². The number of para-hydroxylation sites is 2. The summed E-state index contributed by atoms with van der Waals surface area (Å²) >= 11 is 0. The fourth-order valence-corrected chi connectivity index (χ4v) is 1.78. The van der Waals surface area contributed by atoms with E-state index in [1.807, 2.05) is 0 Å². The van der Waals surface area contributed by atoms with E-state index in [9.17, 15) is 13.6 Å². The first kappa shape index (κ1) is 14.0. The Morgan fingerprint density at radius 3 is 2.70 bits per heavy atom. The van der Waals surface area contributed by atoms with Gasteiger partial charge in [-0.25, -0.2) is 0 Å². The summed E-state index contributed by atoms with van der Waals surface area (Å²) in [7, 11) is 1.69. The van der Waals surface area contributed by atoms with Crippen molar-refractivity contribution in [2.24, 2.45) is 7.05 Å². The Labute approximate surface area is 114 Å². The second kappa shape index (κ2) is 5.68. The highest BCUT2D eigenvalue weighted by Gasteiger charge is 2.15. The number of nitrogens with one attached hydrogen (secondary N) is 1. The van der Waals surface area contributed by atoms with Crippen molar-refractivity contribution in [3.05, 3.63) is 41.7 Å². The maximum atomic E-state index is 12.3. The molecular weight excluding hydrogens is 268 g/mol. The van der Waals surface area contributed by atoms with Gasteiger partial charge in [0.05, 0.1) is 16.9 Å². The van der Waals surface area contributed by atoms with E-state index >= 15 is 0 Å². The van der Waals surface area contributed by atoms with E-state index in [-0.39, 0.29) is 11.4 Å². The normalized spacial score (nSPS) is 10.7. The predicted octanol–water partition coefficient (Wildman–Crippen LogP) is 2.58. The lowest BCUT2D eigenvalue weighted by atomic mass is 10.2. The number of aryl methyl sites for hydroxylation is 2. The van der Waals surface area contributed by atoms with Crippen LogP contribution in [0.1, 0.15) is 16.1 Å². The molecule has 0 saturated heterocycles. The van der Waals surface area contributed by atoms with E-state index in [4.69, 9.17) is 0 Å². The highest BCUT2D eigenvalue weighted by atomic mass is 19.3. The summed E-state index contributed by atoms with van der Waals surface area (Å²) in [6.07, 6.45) is 1.56. The molecule has 0 radical (unpaired) electrons. The summed E-state index contributed by atoms with van der Waals surface area (Å²) < 4.78 is 30.4. The number of rotatable bonds is 4. The third kappa shape index (κ3) is 3.11. The number of carbonyl (C=O) groups is 1. The van der Waals surface area contributed by atoms with Gasteiger partial charge in [-0.15, -0.1) is 0 Å². The fraction of sp³-hybridized carbons (Fsp3) is 0.231. The van der Waals surface area contributed by atoms with Crippen LogP contribution < -0.4 is 10.1 Å². The standard InChI is InChI=1S/C13H13F2N3O2/c1-8-9(7-18(2)17-8)12(19)16-10-5-3-4-6-11(10)20-13(14)15/h3-7,13H,1-2H3,(H,16,19). The van der Waals surface area contributed by atoms with Crippen LogP contribution in [0.15, 0.2) is 30.5 Å². The van der Waals surface area contributed by atoms with Crippen molar-refractivity contribution in [3.8, 4) is 5.75 Å². The molecule has 1 heterocycles. The molecule has 0 unspecified atom stereocenters. The molecular formula is C13H13F2N3O2. The van der Waals surface area contributed by atoms with Crippen LogP contribution in [0, 0.1) is 6.92 Å². The number of nitrogens with zero attached hydrogens (tertiary/aromatic N) is 2. The molecule has 5 nitrogen and oxygen atoms in total. The van der Waals surface area contributed by atoms with E-state index in [2.05, 4.69) is 15.2 Å². The Morgan fingerprint density at radius 1 is 1.40 bits per heavy atom. The van der Waals surface area contributed by atoms with Crippen LogP contribution in [0.3, 0.4) is 0 Å². The lowest BCUT2D eigenvalue weighted by Gasteiger charge is -2.11. The number of halogens is 2. The van der Waals surface area contributed by atoms with Gasteiger partial charge in [-0.1, -0.05) is 12.1 Å². The first-order chi connectivity index (χ1) is 9.47. The molecule has 0 aliphatic rings. The van der Waals surface area contributed by atoms with Gasteiger partial charge in [0, 0.05) is 13.2 Å². The van der Waals surface area contributed by atoms with E-state index in [1.165, 1.54) is 16.8 Å². The summed E-state index contributed by atoms with van der Waals surface area (Å²) in [5.41, 5.74) is 1.11. The third-order valence-corrected chi connectivity index (χ3v) is 2.61. The summed E-state index contributed by atoms with van der Waals surface area (Å²) in [6.45, 7) is -1.26. The third-order valence-electron chi connectivity index (χ3n) is 2.61. The Bertz CT molecular complexity index is 626. The van der Waals surface area contributed by atoms with Gasteiger partial charge >= 0.3 is 6.61 Å². The van der Waals surface area contributed by atoms with Crippen molar-refractivity contribution in [3.63, 3.8) is 0 Å². The molecule has 20 heavy (non-hydrogen) atoms. The maximum absolute atomic E-state index is 12.3. The molecule has 0 saturated carbocycles. The topological polar surface area (TPSA) is 56.2 Å². The largest absolute Gasteiger partial charge is 0.433 e. The van der Waals surface area contributed by atoms with E-state index in [0.717, 1.165) is 0 Å². The molecule has 0 aliphatic heterocycles. The van der Waals surface area contributed by atoms with Crippen LogP contribution in [-0.2, 0) is 7.05 Å². The van der Waals surface area contributed by atoms with E-state index < -0.39 is 12.5 Å². The predicted molar refractivity (Wildman–Crippen MR) is 69.0 cm³/mol.